The van der Waals surface area contributed by atoms with Crippen molar-refractivity contribution in [2.24, 2.45) is 5.73 Å². The average Bonchev–Trinajstić information content (AvgIpc) is 2.70. The molecule has 1 aliphatic heterocycles. The van der Waals surface area contributed by atoms with Crippen molar-refractivity contribution in [1.82, 2.24) is 14.8 Å². The van der Waals surface area contributed by atoms with Gasteiger partial charge < -0.3 is 10.6 Å². The normalized spacial score (nSPS) is 18.8. The van der Waals surface area contributed by atoms with Crippen molar-refractivity contribution in [1.29, 1.82) is 0 Å². The zero-order chi connectivity index (χ0) is 11.5. The van der Waals surface area contributed by atoms with Gasteiger partial charge in [0, 0.05) is 32.4 Å². The first kappa shape index (κ1) is 11.9. The van der Waals surface area contributed by atoms with Gasteiger partial charge in [0.15, 0.2) is 0 Å². The van der Waals surface area contributed by atoms with Crippen LogP contribution < -0.4 is 5.73 Å². The van der Waals surface area contributed by atoms with Gasteiger partial charge in [-0.05, 0) is 7.05 Å². The van der Waals surface area contributed by atoms with Crippen LogP contribution in [0.4, 0.5) is 0 Å². The molecule has 1 aromatic rings. The molecule has 2 heterocycles. The molecule has 0 atom stereocenters. The second kappa shape index (κ2) is 5.18. The van der Waals surface area contributed by atoms with Crippen LogP contribution in [0, 0.1) is 0 Å². The Morgan fingerprint density at radius 3 is 2.75 bits per heavy atom. The Kier molecular flexibility index (Phi) is 3.86. The first-order chi connectivity index (χ1) is 7.65. The summed E-state index contributed by atoms with van der Waals surface area (Å²) < 4.78 is 0. The van der Waals surface area contributed by atoms with E-state index in [9.17, 15) is 0 Å². The summed E-state index contributed by atoms with van der Waals surface area (Å²) in [5.41, 5.74) is 5.56. The van der Waals surface area contributed by atoms with E-state index in [1.807, 2.05) is 0 Å². The zero-order valence-electron chi connectivity index (χ0n) is 9.35. The van der Waals surface area contributed by atoms with Crippen molar-refractivity contribution in [3.63, 3.8) is 0 Å². The van der Waals surface area contributed by atoms with Gasteiger partial charge in [-0.1, -0.05) is 12.2 Å². The van der Waals surface area contributed by atoms with Gasteiger partial charge in [-0.25, -0.2) is 4.98 Å². The molecule has 88 valence electrons. The van der Waals surface area contributed by atoms with E-state index < -0.39 is 0 Å². The molecule has 16 heavy (non-hydrogen) atoms. The van der Waals surface area contributed by atoms with Gasteiger partial charge in [-0.3, -0.25) is 4.90 Å². The molecule has 0 saturated carbocycles. The Balaban J connectivity index is 1.91. The maximum atomic E-state index is 5.56. The smallest absolute Gasteiger partial charge is 0.115 e. The van der Waals surface area contributed by atoms with Crippen LogP contribution in [-0.4, -0.2) is 53.0 Å². The Bertz CT molecular complexity index is 369. The number of rotatable bonds is 3. The fourth-order valence-electron chi connectivity index (χ4n) is 1.69. The summed E-state index contributed by atoms with van der Waals surface area (Å²) in [6.45, 7) is 5.40. The molecule has 2 N–H and O–H groups in total. The Morgan fingerprint density at radius 1 is 1.50 bits per heavy atom. The van der Waals surface area contributed by atoms with Crippen LogP contribution in [0.25, 0.3) is 0 Å². The minimum atomic E-state index is 0.446. The van der Waals surface area contributed by atoms with Crippen molar-refractivity contribution >= 4 is 28.5 Å². The molecule has 1 fully saturated rings. The van der Waals surface area contributed by atoms with Crippen molar-refractivity contribution in [2.45, 2.75) is 6.54 Å². The Hall–Kier alpha value is -0.560. The summed E-state index contributed by atoms with van der Waals surface area (Å²) in [7, 11) is 2.16. The number of thiazole rings is 1. The van der Waals surface area contributed by atoms with Crippen LogP contribution in [0.1, 0.15) is 9.88 Å². The molecule has 0 aliphatic carbocycles. The summed E-state index contributed by atoms with van der Waals surface area (Å²) in [6, 6.07) is 0. The quantitative estimate of drug-likeness (QED) is 0.799. The first-order valence-electron chi connectivity index (χ1n) is 5.30. The lowest BCUT2D eigenvalue weighted by Gasteiger charge is -2.31. The zero-order valence-corrected chi connectivity index (χ0v) is 11.0. The molecule has 1 aromatic heterocycles. The van der Waals surface area contributed by atoms with Gasteiger partial charge in [-0.15, -0.1) is 11.3 Å². The minimum absolute atomic E-state index is 0.446. The van der Waals surface area contributed by atoms with Crippen LogP contribution in [0.2, 0.25) is 0 Å². The van der Waals surface area contributed by atoms with Gasteiger partial charge in [0.05, 0.1) is 11.4 Å². The van der Waals surface area contributed by atoms with E-state index in [0.29, 0.717) is 4.99 Å². The van der Waals surface area contributed by atoms with E-state index in [1.165, 1.54) is 0 Å². The van der Waals surface area contributed by atoms with Crippen LogP contribution in [0.3, 0.4) is 0 Å². The highest BCUT2D eigenvalue weighted by Gasteiger charge is 2.15. The monoisotopic (exact) mass is 256 g/mol. The molecule has 0 amide bonds. The molecule has 4 nitrogen and oxygen atoms in total. The third-order valence-corrected chi connectivity index (χ3v) is 4.12. The molecule has 0 spiro atoms. The van der Waals surface area contributed by atoms with E-state index in [0.717, 1.165) is 42.6 Å². The second-order valence-corrected chi connectivity index (χ2v) is 5.62. The summed E-state index contributed by atoms with van der Waals surface area (Å²) in [6.07, 6.45) is 1.78. The molecule has 6 heteroatoms. The lowest BCUT2D eigenvalue weighted by atomic mass is 10.3. The minimum Gasteiger partial charge on any atom is -0.389 e. The van der Waals surface area contributed by atoms with Crippen molar-refractivity contribution in [3.8, 4) is 0 Å². The maximum Gasteiger partial charge on any atom is 0.115 e. The van der Waals surface area contributed by atoms with E-state index in [2.05, 4.69) is 21.8 Å². The summed E-state index contributed by atoms with van der Waals surface area (Å²) in [5, 5.41) is 1.10. The number of hydrogen-bond acceptors (Lipinski definition) is 5. The summed E-state index contributed by atoms with van der Waals surface area (Å²) >= 11 is 6.53. The number of thiocarbonyl (C=S) groups is 1. The number of aromatic nitrogens is 1. The van der Waals surface area contributed by atoms with Gasteiger partial charge in [-0.2, -0.15) is 0 Å². The number of nitrogens with two attached hydrogens (primary N) is 1. The molecular formula is C10H16N4S2. The first-order valence-corrected chi connectivity index (χ1v) is 6.53. The molecule has 0 radical (unpaired) electrons. The molecule has 1 aliphatic rings. The van der Waals surface area contributed by atoms with Crippen molar-refractivity contribution in [3.05, 3.63) is 16.1 Å². The molecule has 0 bridgehead atoms. The van der Waals surface area contributed by atoms with Crippen LogP contribution >= 0.6 is 23.6 Å². The number of hydrogen-bond donors (Lipinski definition) is 1. The van der Waals surface area contributed by atoms with E-state index >= 15 is 0 Å². The molecule has 0 aromatic carbocycles. The lowest BCUT2D eigenvalue weighted by Crippen LogP contribution is -2.43. The Morgan fingerprint density at radius 2 is 2.19 bits per heavy atom. The van der Waals surface area contributed by atoms with Crippen LogP contribution in [-0.2, 0) is 6.54 Å². The molecule has 0 unspecified atom stereocenters. The third kappa shape index (κ3) is 2.98. The average molecular weight is 256 g/mol. The van der Waals surface area contributed by atoms with Gasteiger partial charge in [0.2, 0.25) is 0 Å². The van der Waals surface area contributed by atoms with Gasteiger partial charge >= 0.3 is 0 Å². The van der Waals surface area contributed by atoms with Crippen LogP contribution in [0.15, 0.2) is 6.20 Å². The molecule has 1 saturated heterocycles. The number of likely N-dealkylation sites (N-methyl/N-ethyl adjacent to an activating group) is 1. The number of nitrogens with zero attached hydrogens (tertiary/aromatic N) is 3. The topological polar surface area (TPSA) is 45.4 Å². The lowest BCUT2D eigenvalue weighted by molar-refractivity contribution is 0.148. The summed E-state index contributed by atoms with van der Waals surface area (Å²) in [4.78, 5) is 10.5. The SMILES string of the molecule is CN1CCN(Cc2ncc(C(N)=S)s2)CC1. The molecule has 2 rings (SSSR count). The fraction of sp³-hybridized carbons (Fsp3) is 0.600. The Labute approximate surface area is 105 Å². The van der Waals surface area contributed by atoms with Crippen molar-refractivity contribution in [2.75, 3.05) is 33.2 Å². The highest BCUT2D eigenvalue weighted by atomic mass is 32.1. The highest BCUT2D eigenvalue weighted by molar-refractivity contribution is 7.81. The van der Waals surface area contributed by atoms with E-state index in [4.69, 9.17) is 18.0 Å². The number of piperazine rings is 1. The predicted molar refractivity (Wildman–Crippen MR) is 70.8 cm³/mol. The van der Waals surface area contributed by atoms with Gasteiger partial charge in [0.1, 0.15) is 10.00 Å². The predicted octanol–water partition coefficient (Wildman–Crippen LogP) is 0.525. The van der Waals surface area contributed by atoms with E-state index in [-0.39, 0.29) is 0 Å². The second-order valence-electron chi connectivity index (χ2n) is 4.06. The third-order valence-electron chi connectivity index (χ3n) is 2.75. The van der Waals surface area contributed by atoms with Gasteiger partial charge in [0.25, 0.3) is 0 Å². The van der Waals surface area contributed by atoms with E-state index in [1.54, 1.807) is 17.5 Å². The van der Waals surface area contributed by atoms with Crippen LogP contribution in [0.5, 0.6) is 0 Å². The molecular weight excluding hydrogens is 240 g/mol. The van der Waals surface area contributed by atoms with Crippen molar-refractivity contribution < 1.29 is 0 Å². The standard InChI is InChI=1S/C10H16N4S2/c1-13-2-4-14(5-3-13)7-9-12-6-8(16-9)10(11)15/h6H,2-5,7H2,1H3,(H2,11,15). The largest absolute Gasteiger partial charge is 0.389 e. The summed E-state index contributed by atoms with van der Waals surface area (Å²) in [5.74, 6) is 0. The highest BCUT2D eigenvalue weighted by Crippen LogP contribution is 2.15. The maximum absolute atomic E-state index is 5.56. The fourth-order valence-corrected chi connectivity index (χ4v) is 2.68.